The summed E-state index contributed by atoms with van der Waals surface area (Å²) in [5, 5.41) is 18.9. The average molecular weight is 198 g/mol. The molecule has 0 spiro atoms. The number of phenolic OH excluding ortho intramolecular Hbond substituents is 2. The third kappa shape index (κ3) is 1.44. The van der Waals surface area contributed by atoms with Gasteiger partial charge in [0.05, 0.1) is 19.8 Å². The van der Waals surface area contributed by atoms with Gasteiger partial charge in [-0.05, 0) is 6.07 Å². The molecule has 0 fully saturated rings. The van der Waals surface area contributed by atoms with E-state index in [4.69, 9.17) is 9.47 Å². The van der Waals surface area contributed by atoms with E-state index < -0.39 is 5.75 Å². The first kappa shape index (κ1) is 10.2. The van der Waals surface area contributed by atoms with Gasteiger partial charge in [-0.1, -0.05) is 0 Å². The van der Waals surface area contributed by atoms with Gasteiger partial charge in [-0.25, -0.2) is 0 Å². The lowest BCUT2D eigenvalue weighted by Gasteiger charge is -2.10. The summed E-state index contributed by atoms with van der Waals surface area (Å²) in [5.41, 5.74) is -0.00324. The fraction of sp³-hybridized carbons (Fsp3) is 0.222. The van der Waals surface area contributed by atoms with Gasteiger partial charge in [-0.15, -0.1) is 0 Å². The lowest BCUT2D eigenvalue weighted by Crippen LogP contribution is -1.93. The molecule has 0 aromatic heterocycles. The minimum Gasteiger partial charge on any atom is -0.504 e. The summed E-state index contributed by atoms with van der Waals surface area (Å²) >= 11 is 0. The summed E-state index contributed by atoms with van der Waals surface area (Å²) in [5.74, 6) is -0.841. The molecule has 14 heavy (non-hydrogen) atoms. The third-order valence-corrected chi connectivity index (χ3v) is 1.77. The Morgan fingerprint density at radius 1 is 1.21 bits per heavy atom. The van der Waals surface area contributed by atoms with Crippen LogP contribution < -0.4 is 9.47 Å². The van der Waals surface area contributed by atoms with E-state index in [0.717, 1.165) is 0 Å². The number of aldehydes is 1. The van der Waals surface area contributed by atoms with E-state index in [1.807, 2.05) is 0 Å². The first-order valence-corrected chi connectivity index (χ1v) is 3.77. The highest BCUT2D eigenvalue weighted by Gasteiger charge is 2.17. The third-order valence-electron chi connectivity index (χ3n) is 1.77. The predicted molar refractivity (Wildman–Crippen MR) is 48.3 cm³/mol. The van der Waals surface area contributed by atoms with E-state index in [0.29, 0.717) is 6.29 Å². The molecule has 1 aromatic carbocycles. The van der Waals surface area contributed by atoms with Gasteiger partial charge in [0.1, 0.15) is 0 Å². The lowest BCUT2D eigenvalue weighted by atomic mass is 10.1. The minimum atomic E-state index is -0.402. The summed E-state index contributed by atoms with van der Waals surface area (Å²) in [6.07, 6.45) is 0.444. The van der Waals surface area contributed by atoms with E-state index in [9.17, 15) is 15.0 Å². The average Bonchev–Trinajstić information content (AvgIpc) is 2.19. The van der Waals surface area contributed by atoms with Gasteiger partial charge in [0.2, 0.25) is 11.5 Å². The van der Waals surface area contributed by atoms with Gasteiger partial charge in [-0.3, -0.25) is 4.79 Å². The van der Waals surface area contributed by atoms with Crippen LogP contribution in [-0.2, 0) is 0 Å². The molecule has 76 valence electrons. The molecule has 0 atom stereocenters. The molecule has 0 unspecified atom stereocenters. The van der Waals surface area contributed by atoms with Gasteiger partial charge >= 0.3 is 0 Å². The van der Waals surface area contributed by atoms with E-state index in [1.165, 1.54) is 20.3 Å². The molecule has 5 nitrogen and oxygen atoms in total. The summed E-state index contributed by atoms with van der Waals surface area (Å²) in [6, 6.07) is 1.22. The molecule has 2 N–H and O–H groups in total. The molecule has 5 heteroatoms. The summed E-state index contributed by atoms with van der Waals surface area (Å²) < 4.78 is 9.51. The van der Waals surface area contributed by atoms with Gasteiger partial charge in [0.15, 0.2) is 17.8 Å². The molecule has 0 aliphatic heterocycles. The normalized spacial score (nSPS) is 9.57. The van der Waals surface area contributed by atoms with E-state index in [2.05, 4.69) is 0 Å². The monoisotopic (exact) mass is 198 g/mol. The Kier molecular flexibility index (Phi) is 2.81. The number of benzene rings is 1. The highest BCUT2D eigenvalue weighted by atomic mass is 16.5. The molecule has 0 bridgehead atoms. The van der Waals surface area contributed by atoms with Crippen LogP contribution in [0.3, 0.4) is 0 Å². The van der Waals surface area contributed by atoms with Gasteiger partial charge in [0, 0.05) is 0 Å². The first-order valence-electron chi connectivity index (χ1n) is 3.77. The van der Waals surface area contributed by atoms with Crippen LogP contribution in [0, 0.1) is 0 Å². The Bertz CT molecular complexity index is 359. The number of carbonyl (C=O) groups is 1. The molecule has 1 rings (SSSR count). The maximum absolute atomic E-state index is 10.5. The van der Waals surface area contributed by atoms with Crippen LogP contribution in [0.25, 0.3) is 0 Å². The Morgan fingerprint density at radius 2 is 1.86 bits per heavy atom. The quantitative estimate of drug-likeness (QED) is 0.706. The molecule has 0 aliphatic rings. The summed E-state index contributed by atoms with van der Waals surface area (Å²) in [4.78, 5) is 10.5. The van der Waals surface area contributed by atoms with Crippen molar-refractivity contribution in [2.45, 2.75) is 0 Å². The molecule has 0 saturated heterocycles. The minimum absolute atomic E-state index is 0.00324. The molecule has 0 amide bonds. The van der Waals surface area contributed by atoms with Crippen molar-refractivity contribution in [3.8, 4) is 23.0 Å². The molecule has 0 aliphatic carbocycles. The van der Waals surface area contributed by atoms with Crippen LogP contribution in [0.5, 0.6) is 23.0 Å². The lowest BCUT2D eigenvalue weighted by molar-refractivity contribution is 0.112. The van der Waals surface area contributed by atoms with Crippen molar-refractivity contribution in [2.75, 3.05) is 14.2 Å². The highest BCUT2D eigenvalue weighted by molar-refractivity contribution is 5.84. The second-order valence-electron chi connectivity index (χ2n) is 2.52. The number of ether oxygens (including phenoxy) is 2. The highest BCUT2D eigenvalue weighted by Crippen LogP contribution is 2.44. The number of hydrogen-bond acceptors (Lipinski definition) is 5. The zero-order chi connectivity index (χ0) is 10.7. The Balaban J connectivity index is 3.46. The van der Waals surface area contributed by atoms with E-state index >= 15 is 0 Å². The number of aromatic hydroxyl groups is 2. The standard InChI is InChI=1S/C9H10O5/c1-13-6-3-5(4-10)7(11)9(14-2)8(6)12/h3-4,11-12H,1-2H3. The Hall–Kier alpha value is -1.91. The second-order valence-corrected chi connectivity index (χ2v) is 2.52. The number of hydrogen-bond donors (Lipinski definition) is 2. The molecule has 0 heterocycles. The summed E-state index contributed by atoms with van der Waals surface area (Å²) in [6.45, 7) is 0. The van der Waals surface area contributed by atoms with Crippen LogP contribution in [0.15, 0.2) is 6.07 Å². The van der Waals surface area contributed by atoms with Crippen molar-refractivity contribution in [1.82, 2.24) is 0 Å². The number of rotatable bonds is 3. The Morgan fingerprint density at radius 3 is 2.29 bits per heavy atom. The van der Waals surface area contributed by atoms with Crippen molar-refractivity contribution >= 4 is 6.29 Å². The molecule has 1 aromatic rings. The number of methoxy groups -OCH3 is 2. The number of phenols is 2. The number of carbonyl (C=O) groups excluding carboxylic acids is 1. The van der Waals surface area contributed by atoms with Gasteiger partial charge in [-0.2, -0.15) is 0 Å². The van der Waals surface area contributed by atoms with Crippen LogP contribution >= 0.6 is 0 Å². The fourth-order valence-corrected chi connectivity index (χ4v) is 1.07. The van der Waals surface area contributed by atoms with Crippen LogP contribution in [0.2, 0.25) is 0 Å². The zero-order valence-electron chi connectivity index (χ0n) is 7.77. The van der Waals surface area contributed by atoms with Crippen molar-refractivity contribution in [3.63, 3.8) is 0 Å². The second kappa shape index (κ2) is 3.87. The molecular formula is C9H10O5. The predicted octanol–water partition coefficient (Wildman–Crippen LogP) is 0.927. The molecule has 0 saturated carbocycles. The van der Waals surface area contributed by atoms with Crippen molar-refractivity contribution in [3.05, 3.63) is 11.6 Å². The van der Waals surface area contributed by atoms with Gasteiger partial charge < -0.3 is 19.7 Å². The van der Waals surface area contributed by atoms with Crippen LogP contribution in [0.1, 0.15) is 10.4 Å². The fourth-order valence-electron chi connectivity index (χ4n) is 1.07. The molecule has 0 radical (unpaired) electrons. The maximum Gasteiger partial charge on any atom is 0.207 e. The SMILES string of the molecule is COc1cc(C=O)c(O)c(OC)c1O. The van der Waals surface area contributed by atoms with Crippen molar-refractivity contribution < 1.29 is 24.5 Å². The van der Waals surface area contributed by atoms with E-state index in [-0.39, 0.29) is 22.8 Å². The smallest absolute Gasteiger partial charge is 0.207 e. The Labute approximate surface area is 80.5 Å². The first-order chi connectivity index (χ1) is 6.65. The maximum atomic E-state index is 10.5. The summed E-state index contributed by atoms with van der Waals surface area (Å²) in [7, 11) is 2.60. The van der Waals surface area contributed by atoms with Gasteiger partial charge in [0.25, 0.3) is 0 Å². The van der Waals surface area contributed by atoms with E-state index in [1.54, 1.807) is 0 Å². The van der Waals surface area contributed by atoms with Crippen LogP contribution in [-0.4, -0.2) is 30.7 Å². The van der Waals surface area contributed by atoms with Crippen molar-refractivity contribution in [1.29, 1.82) is 0 Å². The largest absolute Gasteiger partial charge is 0.504 e. The van der Waals surface area contributed by atoms with Crippen LogP contribution in [0.4, 0.5) is 0 Å². The van der Waals surface area contributed by atoms with Crippen molar-refractivity contribution in [2.24, 2.45) is 0 Å². The molecular weight excluding hydrogens is 188 g/mol. The zero-order valence-corrected chi connectivity index (χ0v) is 7.77. The topological polar surface area (TPSA) is 76.0 Å².